The quantitative estimate of drug-likeness (QED) is 0.0964. The average Bonchev–Trinajstić information content (AvgIpc) is 1.56. The lowest BCUT2D eigenvalue weighted by molar-refractivity contribution is 1.14. The first-order chi connectivity index (χ1) is 62.6. The fourth-order valence-corrected chi connectivity index (χ4v) is 19.5. The Bertz CT molecular complexity index is 8060. The molecular formula is C120H82N6. The first-order valence-electron chi connectivity index (χ1n) is 43.2. The fraction of sp³-hybridized carbons (Fsp3) is 0. The maximum absolute atomic E-state index is 2.48. The van der Waals surface area contributed by atoms with E-state index in [9.17, 15) is 0 Å². The second kappa shape index (κ2) is 32.0. The highest BCUT2D eigenvalue weighted by atomic mass is 15.2. The highest BCUT2D eigenvalue weighted by Gasteiger charge is 2.29. The molecule has 0 amide bonds. The van der Waals surface area contributed by atoms with Crippen LogP contribution in [-0.4, -0.2) is 18.3 Å². The number of nitrogens with zero attached hydrogens (tertiary/aromatic N) is 6. The summed E-state index contributed by atoms with van der Waals surface area (Å²) in [5.41, 5.74) is 32.6. The van der Waals surface area contributed by atoms with Crippen LogP contribution in [-0.2, 0) is 0 Å². The Balaban J connectivity index is 0.000000145. The van der Waals surface area contributed by atoms with Crippen LogP contribution in [0, 0.1) is 0 Å². The molecule has 0 unspecified atom stereocenters. The van der Waals surface area contributed by atoms with Gasteiger partial charge in [-0.2, -0.15) is 0 Å². The summed E-state index contributed by atoms with van der Waals surface area (Å²) in [6.45, 7) is 0. The molecule has 0 aliphatic rings. The predicted molar refractivity (Wildman–Crippen MR) is 532 cm³/mol. The number of rotatable bonds is 16. The van der Waals surface area contributed by atoms with E-state index in [1.165, 1.54) is 154 Å². The Hall–Kier alpha value is -16.8. The third kappa shape index (κ3) is 13.0. The Morgan fingerprint density at radius 2 is 0.397 bits per heavy atom. The lowest BCUT2D eigenvalue weighted by Gasteiger charge is -2.26. The third-order valence-electron chi connectivity index (χ3n) is 25.0. The smallest absolute Gasteiger partial charge is 0.0620 e. The van der Waals surface area contributed by atoms with Gasteiger partial charge in [-0.05, 0) is 213 Å². The monoisotopic (exact) mass is 1610 g/mol. The van der Waals surface area contributed by atoms with Crippen LogP contribution in [0.25, 0.3) is 177 Å². The van der Waals surface area contributed by atoms with Crippen molar-refractivity contribution in [3.63, 3.8) is 0 Å². The van der Waals surface area contributed by atoms with Crippen LogP contribution in [0.2, 0.25) is 0 Å². The second-order valence-corrected chi connectivity index (χ2v) is 32.2. The second-order valence-electron chi connectivity index (χ2n) is 32.2. The summed E-state index contributed by atoms with van der Waals surface area (Å²) < 4.78 is 9.70. The highest BCUT2D eigenvalue weighted by molar-refractivity contribution is 6.22. The lowest BCUT2D eigenvalue weighted by atomic mass is 9.92. The summed E-state index contributed by atoms with van der Waals surface area (Å²) >= 11 is 0. The standard InChI is InChI=1S/2C60H41N3/c1-6-20-43(21-7-1)58-55-41-53(50-30-16-17-32-52(50)60(55)63(47-28-14-5-15-29-47)59(58)44-22-8-2-9-23-44)42-34-36-48(37-35-42)61(45-24-10-3-11-25-45)49-38-39-57-54(40-49)51-31-18-19-33-56(51)62(57)46-26-12-4-13-27-46;1-5-19-43(20-6-1)58-55-41-54(50-27-13-14-30-53(50)60(55)63(46-25-11-4-12-26-46)59(58)44-21-7-2-8-22-44)42-33-35-47(36-34-42)61(45-23-9-3-10-24-45)48-37-39-49(40-38-48)62-56-31-17-15-28-51(56)52-29-16-18-32-57(52)62/h2*1-41H. The Morgan fingerprint density at radius 1 is 0.143 bits per heavy atom. The minimum absolute atomic E-state index is 1.09. The number of aromatic nitrogens is 4. The molecule has 0 radical (unpaired) electrons. The van der Waals surface area contributed by atoms with Crippen molar-refractivity contribution in [3.8, 4) is 89.8 Å². The summed E-state index contributed by atoms with van der Waals surface area (Å²) in [6.07, 6.45) is 0. The molecule has 0 aliphatic heterocycles. The molecule has 592 valence electrons. The molecule has 4 heterocycles. The molecule has 126 heavy (non-hydrogen) atoms. The number of fused-ring (bicyclic) bond motifs is 12. The van der Waals surface area contributed by atoms with Gasteiger partial charge in [0.2, 0.25) is 0 Å². The van der Waals surface area contributed by atoms with Crippen LogP contribution in [0.15, 0.2) is 497 Å². The zero-order chi connectivity index (χ0) is 83.4. The molecule has 0 fully saturated rings. The van der Waals surface area contributed by atoms with E-state index in [1.807, 2.05) is 0 Å². The average molecular weight is 1610 g/mol. The molecule has 0 aliphatic carbocycles. The molecule has 0 saturated heterocycles. The van der Waals surface area contributed by atoms with Gasteiger partial charge in [-0.25, -0.2) is 0 Å². The zero-order valence-corrected chi connectivity index (χ0v) is 69.0. The maximum atomic E-state index is 2.48. The molecule has 0 saturated carbocycles. The van der Waals surface area contributed by atoms with Crippen LogP contribution >= 0.6 is 0 Å². The van der Waals surface area contributed by atoms with E-state index >= 15 is 0 Å². The molecule has 6 heteroatoms. The molecule has 24 rings (SSSR count). The van der Waals surface area contributed by atoms with Crippen molar-refractivity contribution in [1.29, 1.82) is 0 Å². The summed E-state index contributed by atoms with van der Waals surface area (Å²) in [5.74, 6) is 0. The topological polar surface area (TPSA) is 26.2 Å². The summed E-state index contributed by atoms with van der Waals surface area (Å²) in [7, 11) is 0. The van der Waals surface area contributed by atoms with Gasteiger partial charge in [-0.15, -0.1) is 0 Å². The summed E-state index contributed by atoms with van der Waals surface area (Å²) in [4.78, 5) is 4.72. The third-order valence-corrected chi connectivity index (χ3v) is 25.0. The van der Waals surface area contributed by atoms with Crippen molar-refractivity contribution in [2.24, 2.45) is 0 Å². The van der Waals surface area contributed by atoms with Crippen molar-refractivity contribution in [2.75, 3.05) is 9.80 Å². The van der Waals surface area contributed by atoms with Crippen LogP contribution in [0.3, 0.4) is 0 Å². The molecule has 24 aromatic rings. The largest absolute Gasteiger partial charge is 0.311 e. The van der Waals surface area contributed by atoms with Gasteiger partial charge in [-0.1, -0.05) is 340 Å². The molecule has 6 nitrogen and oxygen atoms in total. The van der Waals surface area contributed by atoms with Crippen molar-refractivity contribution >= 4 is 121 Å². The Labute approximate surface area is 731 Å². The maximum Gasteiger partial charge on any atom is 0.0620 e. The number of para-hydroxylation sites is 8. The van der Waals surface area contributed by atoms with E-state index in [0.717, 1.165) is 56.9 Å². The van der Waals surface area contributed by atoms with Crippen molar-refractivity contribution in [3.05, 3.63) is 497 Å². The fourth-order valence-electron chi connectivity index (χ4n) is 19.5. The SMILES string of the molecule is c1ccc(-c2c(-c3ccccc3)n(-c3ccccc3)c3c2cc(-c2ccc(N(c4ccccc4)c4ccc(-n5c6ccccc6c6ccccc65)cc4)cc2)c2ccccc23)cc1.c1ccc(-c2c(-c3ccccc3)n(-c3ccccc3)c3c2cc(-c2ccc(N(c4ccccc4)c4ccc5c(c4)c4ccccc4n5-c4ccccc4)cc2)c2ccccc23)cc1. The lowest BCUT2D eigenvalue weighted by Crippen LogP contribution is -2.10. The van der Waals surface area contributed by atoms with Gasteiger partial charge in [0.05, 0.1) is 44.5 Å². The molecule has 0 bridgehead atoms. The molecule has 0 atom stereocenters. The molecule has 20 aromatic carbocycles. The van der Waals surface area contributed by atoms with Crippen molar-refractivity contribution in [1.82, 2.24) is 18.3 Å². The highest BCUT2D eigenvalue weighted by Crippen LogP contribution is 2.52. The summed E-state index contributed by atoms with van der Waals surface area (Å²) in [6, 6.07) is 180. The van der Waals surface area contributed by atoms with Gasteiger partial charge in [0.15, 0.2) is 0 Å². The van der Waals surface area contributed by atoms with E-state index < -0.39 is 0 Å². The minimum atomic E-state index is 1.09. The van der Waals surface area contributed by atoms with E-state index in [4.69, 9.17) is 0 Å². The molecule has 0 spiro atoms. The van der Waals surface area contributed by atoms with E-state index in [-0.39, 0.29) is 0 Å². The number of benzene rings is 20. The van der Waals surface area contributed by atoms with E-state index in [2.05, 4.69) is 526 Å². The molecule has 4 aromatic heterocycles. The van der Waals surface area contributed by atoms with Crippen LogP contribution < -0.4 is 9.80 Å². The Kier molecular flexibility index (Phi) is 18.8. The Morgan fingerprint density at radius 3 is 0.770 bits per heavy atom. The van der Waals surface area contributed by atoms with Crippen molar-refractivity contribution in [2.45, 2.75) is 0 Å². The number of anilines is 6. The summed E-state index contributed by atoms with van der Waals surface area (Å²) in [5, 5.41) is 12.3. The van der Waals surface area contributed by atoms with Gasteiger partial charge in [0.25, 0.3) is 0 Å². The first-order valence-corrected chi connectivity index (χ1v) is 43.2. The van der Waals surface area contributed by atoms with Crippen LogP contribution in [0.4, 0.5) is 34.1 Å². The van der Waals surface area contributed by atoms with Crippen LogP contribution in [0.5, 0.6) is 0 Å². The van der Waals surface area contributed by atoms with E-state index in [1.54, 1.807) is 0 Å². The van der Waals surface area contributed by atoms with Crippen LogP contribution in [0.1, 0.15) is 0 Å². The van der Waals surface area contributed by atoms with E-state index in [0.29, 0.717) is 0 Å². The normalized spacial score (nSPS) is 11.5. The molecular weight excluding hydrogens is 1530 g/mol. The van der Waals surface area contributed by atoms with Crippen molar-refractivity contribution < 1.29 is 0 Å². The first kappa shape index (κ1) is 74.3. The zero-order valence-electron chi connectivity index (χ0n) is 69.0. The van der Waals surface area contributed by atoms with Gasteiger partial charge in [-0.3, -0.25) is 0 Å². The minimum Gasteiger partial charge on any atom is -0.311 e. The van der Waals surface area contributed by atoms with Gasteiger partial charge in [0.1, 0.15) is 0 Å². The number of hydrogen-bond donors (Lipinski definition) is 0. The predicted octanol–water partition coefficient (Wildman–Crippen LogP) is 32.7. The van der Waals surface area contributed by atoms with Gasteiger partial charge in [0, 0.05) is 111 Å². The van der Waals surface area contributed by atoms with Gasteiger partial charge >= 0.3 is 0 Å². The molecule has 0 N–H and O–H groups in total. The number of hydrogen-bond acceptors (Lipinski definition) is 2. The van der Waals surface area contributed by atoms with Gasteiger partial charge < -0.3 is 28.1 Å².